The Hall–Kier alpha value is -2.04. The number of carbonyl (C=O) groups excluding carboxylic acids is 2. The van der Waals surface area contributed by atoms with E-state index in [1.807, 2.05) is 45.9 Å². The summed E-state index contributed by atoms with van der Waals surface area (Å²) in [5.74, 6) is 0.0649. The van der Waals surface area contributed by atoms with E-state index >= 15 is 0 Å². The molecule has 0 unspecified atom stereocenters. The Labute approximate surface area is 137 Å². The molecule has 2 heterocycles. The highest BCUT2D eigenvalue weighted by Gasteiger charge is 2.28. The first kappa shape index (κ1) is 15.8. The number of urea groups is 1. The van der Waals surface area contributed by atoms with Crippen molar-refractivity contribution >= 4 is 11.9 Å². The summed E-state index contributed by atoms with van der Waals surface area (Å²) in [6, 6.07) is 7.82. The topological polar surface area (TPSA) is 43.9 Å². The van der Waals surface area contributed by atoms with E-state index in [1.54, 1.807) is 0 Å². The number of piperidine rings is 1. The first-order valence-electron chi connectivity index (χ1n) is 8.55. The van der Waals surface area contributed by atoms with Gasteiger partial charge in [-0.15, -0.1) is 0 Å². The molecule has 124 valence electrons. The minimum Gasteiger partial charge on any atom is -0.335 e. The van der Waals surface area contributed by atoms with Gasteiger partial charge in [-0.1, -0.05) is 17.7 Å². The van der Waals surface area contributed by atoms with Crippen molar-refractivity contribution < 1.29 is 9.59 Å². The first-order valence-corrected chi connectivity index (χ1v) is 8.55. The zero-order valence-corrected chi connectivity index (χ0v) is 13.8. The number of hydrogen-bond donors (Lipinski definition) is 0. The van der Waals surface area contributed by atoms with Crippen LogP contribution in [0.3, 0.4) is 0 Å². The lowest BCUT2D eigenvalue weighted by atomic mass is 10.1. The molecular weight excluding hydrogens is 290 g/mol. The number of benzene rings is 1. The van der Waals surface area contributed by atoms with Crippen molar-refractivity contribution in [2.75, 3.05) is 39.3 Å². The molecule has 3 rings (SSSR count). The molecular formula is C18H25N3O2. The highest BCUT2D eigenvalue weighted by atomic mass is 16.2. The molecule has 0 radical (unpaired) electrons. The lowest BCUT2D eigenvalue weighted by Gasteiger charge is -2.38. The molecule has 0 bridgehead atoms. The molecule has 5 nitrogen and oxygen atoms in total. The third-order valence-corrected chi connectivity index (χ3v) is 4.76. The average molecular weight is 315 g/mol. The van der Waals surface area contributed by atoms with Gasteiger partial charge >= 0.3 is 6.03 Å². The largest absolute Gasteiger partial charge is 0.335 e. The highest BCUT2D eigenvalue weighted by Crippen LogP contribution is 2.14. The maximum Gasteiger partial charge on any atom is 0.320 e. The van der Waals surface area contributed by atoms with Crippen LogP contribution in [0, 0.1) is 6.92 Å². The Balaban J connectivity index is 1.54. The smallest absolute Gasteiger partial charge is 0.320 e. The second-order valence-electron chi connectivity index (χ2n) is 6.48. The number of nitrogens with zero attached hydrogens (tertiary/aromatic N) is 3. The van der Waals surface area contributed by atoms with Crippen molar-refractivity contribution in [3.05, 3.63) is 35.4 Å². The maximum atomic E-state index is 12.5. The number of likely N-dealkylation sites (tertiary alicyclic amines) is 1. The molecule has 5 heteroatoms. The zero-order chi connectivity index (χ0) is 16.2. The van der Waals surface area contributed by atoms with Gasteiger partial charge in [0.1, 0.15) is 0 Å². The SMILES string of the molecule is Cc1ccc(C(=O)N2CCN(C(=O)N3CCCCC3)CC2)cc1. The van der Waals surface area contributed by atoms with E-state index < -0.39 is 0 Å². The maximum absolute atomic E-state index is 12.5. The number of hydrogen-bond acceptors (Lipinski definition) is 2. The molecule has 0 spiro atoms. The first-order chi connectivity index (χ1) is 11.1. The standard InChI is InChI=1S/C18H25N3O2/c1-15-5-7-16(8-6-15)17(22)19-11-13-21(14-12-19)18(23)20-9-3-2-4-10-20/h5-8H,2-4,9-14H2,1H3. The fourth-order valence-corrected chi connectivity index (χ4v) is 3.26. The van der Waals surface area contributed by atoms with E-state index in [0.29, 0.717) is 26.2 Å². The van der Waals surface area contributed by atoms with Crippen molar-refractivity contribution in [3.8, 4) is 0 Å². The summed E-state index contributed by atoms with van der Waals surface area (Å²) in [5, 5.41) is 0. The van der Waals surface area contributed by atoms with Gasteiger partial charge < -0.3 is 14.7 Å². The minimum absolute atomic E-state index is 0.0649. The van der Waals surface area contributed by atoms with E-state index in [4.69, 9.17) is 0 Å². The van der Waals surface area contributed by atoms with Crippen molar-refractivity contribution in [1.29, 1.82) is 0 Å². The fraction of sp³-hybridized carbons (Fsp3) is 0.556. The number of amides is 3. The van der Waals surface area contributed by atoms with Gasteiger partial charge in [-0.2, -0.15) is 0 Å². The van der Waals surface area contributed by atoms with Crippen LogP contribution in [0.15, 0.2) is 24.3 Å². The molecule has 3 amide bonds. The van der Waals surface area contributed by atoms with Gasteiger partial charge in [0.25, 0.3) is 5.91 Å². The normalized spacial score (nSPS) is 18.9. The summed E-state index contributed by atoms with van der Waals surface area (Å²) in [6.45, 7) is 6.26. The van der Waals surface area contributed by atoms with Crippen LogP contribution in [0.5, 0.6) is 0 Å². The van der Waals surface area contributed by atoms with E-state index in [-0.39, 0.29) is 11.9 Å². The molecule has 1 aromatic carbocycles. The number of rotatable bonds is 1. The number of carbonyl (C=O) groups is 2. The molecule has 0 aliphatic carbocycles. The van der Waals surface area contributed by atoms with Gasteiger partial charge in [0.2, 0.25) is 0 Å². The van der Waals surface area contributed by atoms with Crippen molar-refractivity contribution in [1.82, 2.24) is 14.7 Å². The van der Waals surface area contributed by atoms with Crippen molar-refractivity contribution in [3.63, 3.8) is 0 Å². The van der Waals surface area contributed by atoms with Gasteiger partial charge in [0, 0.05) is 44.8 Å². The average Bonchev–Trinajstić information content (AvgIpc) is 2.62. The zero-order valence-electron chi connectivity index (χ0n) is 13.8. The van der Waals surface area contributed by atoms with E-state index in [0.717, 1.165) is 37.1 Å². The van der Waals surface area contributed by atoms with Crippen LogP contribution < -0.4 is 0 Å². The van der Waals surface area contributed by atoms with Gasteiger partial charge in [0.15, 0.2) is 0 Å². The summed E-state index contributed by atoms with van der Waals surface area (Å²) in [4.78, 5) is 30.7. The molecule has 2 saturated heterocycles. The van der Waals surface area contributed by atoms with Gasteiger partial charge in [-0.3, -0.25) is 4.79 Å². The van der Waals surface area contributed by atoms with Gasteiger partial charge in [0.05, 0.1) is 0 Å². The van der Waals surface area contributed by atoms with Gasteiger partial charge in [-0.05, 0) is 38.3 Å². The molecule has 2 fully saturated rings. The summed E-state index contributed by atoms with van der Waals surface area (Å²) in [6.07, 6.45) is 3.44. The summed E-state index contributed by atoms with van der Waals surface area (Å²) < 4.78 is 0. The van der Waals surface area contributed by atoms with E-state index in [2.05, 4.69) is 0 Å². The second kappa shape index (κ2) is 7.02. The van der Waals surface area contributed by atoms with Crippen LogP contribution in [-0.4, -0.2) is 65.9 Å². The lowest BCUT2D eigenvalue weighted by molar-refractivity contribution is 0.0633. The van der Waals surface area contributed by atoms with Gasteiger partial charge in [-0.25, -0.2) is 4.79 Å². The van der Waals surface area contributed by atoms with Crippen molar-refractivity contribution in [2.24, 2.45) is 0 Å². The molecule has 0 aromatic heterocycles. The Morgan fingerprint density at radius 1 is 0.739 bits per heavy atom. The Bertz CT molecular complexity index is 556. The molecule has 1 aromatic rings. The Kier molecular flexibility index (Phi) is 4.84. The van der Waals surface area contributed by atoms with Crippen LogP contribution in [-0.2, 0) is 0 Å². The summed E-state index contributed by atoms with van der Waals surface area (Å²) in [5.41, 5.74) is 1.88. The van der Waals surface area contributed by atoms with Crippen LogP contribution in [0.2, 0.25) is 0 Å². The predicted molar refractivity (Wildman–Crippen MR) is 89.5 cm³/mol. The fourth-order valence-electron chi connectivity index (χ4n) is 3.26. The third-order valence-electron chi connectivity index (χ3n) is 4.76. The molecule has 2 aliphatic heterocycles. The highest BCUT2D eigenvalue weighted by molar-refractivity contribution is 5.94. The van der Waals surface area contributed by atoms with Crippen LogP contribution in [0.4, 0.5) is 4.79 Å². The predicted octanol–water partition coefficient (Wildman–Crippen LogP) is 2.36. The number of aryl methyl sites for hydroxylation is 1. The molecule has 23 heavy (non-hydrogen) atoms. The Morgan fingerprint density at radius 2 is 1.26 bits per heavy atom. The lowest BCUT2D eigenvalue weighted by Crippen LogP contribution is -2.54. The summed E-state index contributed by atoms with van der Waals surface area (Å²) in [7, 11) is 0. The third kappa shape index (κ3) is 3.66. The Morgan fingerprint density at radius 3 is 1.87 bits per heavy atom. The van der Waals surface area contributed by atoms with E-state index in [1.165, 1.54) is 6.42 Å². The minimum atomic E-state index is 0.0649. The van der Waals surface area contributed by atoms with Crippen molar-refractivity contribution in [2.45, 2.75) is 26.2 Å². The molecule has 2 aliphatic rings. The van der Waals surface area contributed by atoms with Crippen LogP contribution in [0.25, 0.3) is 0 Å². The van der Waals surface area contributed by atoms with Crippen LogP contribution >= 0.6 is 0 Å². The second-order valence-corrected chi connectivity index (χ2v) is 6.48. The monoisotopic (exact) mass is 315 g/mol. The number of piperazine rings is 1. The summed E-state index contributed by atoms with van der Waals surface area (Å²) >= 11 is 0. The molecule has 0 N–H and O–H groups in total. The van der Waals surface area contributed by atoms with E-state index in [9.17, 15) is 9.59 Å². The quantitative estimate of drug-likeness (QED) is 0.798. The molecule has 0 saturated carbocycles. The molecule has 0 atom stereocenters. The van der Waals surface area contributed by atoms with Crippen LogP contribution in [0.1, 0.15) is 35.2 Å².